The van der Waals surface area contributed by atoms with Crippen LogP contribution in [-0.2, 0) is 0 Å². The molecule has 0 bridgehead atoms. The molecule has 1 heterocycles. The van der Waals surface area contributed by atoms with E-state index in [1.165, 1.54) is 17.3 Å². The van der Waals surface area contributed by atoms with E-state index in [1.54, 1.807) is 0 Å². The summed E-state index contributed by atoms with van der Waals surface area (Å²) in [5, 5.41) is 5.77. The number of aromatic nitrogens is 2. The average molecular weight is 243 g/mol. The number of fused-ring (bicyclic) bond motifs is 1. The zero-order chi connectivity index (χ0) is 12.8. The lowest BCUT2D eigenvalue weighted by atomic mass is 9.73. The Hall–Kier alpha value is -1.35. The molecule has 0 amide bonds. The van der Waals surface area contributed by atoms with Gasteiger partial charge in [0.1, 0.15) is 0 Å². The van der Waals surface area contributed by atoms with Crippen molar-refractivity contribution in [1.29, 1.82) is 0 Å². The summed E-state index contributed by atoms with van der Waals surface area (Å²) < 4.78 is 2.14. The van der Waals surface area contributed by atoms with Gasteiger partial charge >= 0.3 is 0 Å². The third-order valence-corrected chi connectivity index (χ3v) is 4.23. The number of nitrogens with zero attached hydrogens (tertiary/aromatic N) is 2. The third kappa shape index (κ3) is 1.93. The third-order valence-electron chi connectivity index (χ3n) is 4.23. The van der Waals surface area contributed by atoms with E-state index in [4.69, 9.17) is 5.73 Å². The van der Waals surface area contributed by atoms with E-state index in [0.29, 0.717) is 11.5 Å². The Morgan fingerprint density at radius 2 is 2.11 bits per heavy atom. The van der Waals surface area contributed by atoms with Crippen molar-refractivity contribution in [3.63, 3.8) is 0 Å². The van der Waals surface area contributed by atoms with Crippen LogP contribution in [-0.4, -0.2) is 15.8 Å². The highest BCUT2D eigenvalue weighted by atomic mass is 15.3. The van der Waals surface area contributed by atoms with Gasteiger partial charge in [0.05, 0.1) is 17.8 Å². The Bertz CT molecular complexity index is 556. The van der Waals surface area contributed by atoms with Gasteiger partial charge in [-0.2, -0.15) is 5.10 Å². The first-order valence-electron chi connectivity index (χ1n) is 6.75. The summed E-state index contributed by atoms with van der Waals surface area (Å²) in [7, 11) is 0. The molecule has 1 saturated carbocycles. The van der Waals surface area contributed by atoms with Crippen LogP contribution >= 0.6 is 0 Å². The fourth-order valence-corrected chi connectivity index (χ4v) is 3.09. The van der Waals surface area contributed by atoms with Gasteiger partial charge in [-0.3, -0.25) is 4.68 Å². The van der Waals surface area contributed by atoms with Crippen LogP contribution in [0.25, 0.3) is 10.9 Å². The Kier molecular flexibility index (Phi) is 2.67. The molecular weight excluding hydrogens is 222 g/mol. The van der Waals surface area contributed by atoms with Crippen molar-refractivity contribution < 1.29 is 0 Å². The molecule has 0 saturated heterocycles. The number of benzene rings is 1. The maximum atomic E-state index is 6.32. The summed E-state index contributed by atoms with van der Waals surface area (Å²) in [5.41, 5.74) is 7.89. The lowest BCUT2D eigenvalue weighted by molar-refractivity contribution is 0.156. The molecule has 3 rings (SSSR count). The molecule has 2 N–H and O–H groups in total. The van der Waals surface area contributed by atoms with Crippen molar-refractivity contribution in [2.24, 2.45) is 11.1 Å². The predicted octanol–water partition coefficient (Wildman–Crippen LogP) is 3.11. The van der Waals surface area contributed by atoms with E-state index in [9.17, 15) is 0 Å². The minimum atomic E-state index is 0.223. The molecule has 96 valence electrons. The van der Waals surface area contributed by atoms with Crippen molar-refractivity contribution in [1.82, 2.24) is 9.78 Å². The summed E-state index contributed by atoms with van der Waals surface area (Å²) in [6.07, 6.45) is 5.36. The largest absolute Gasteiger partial charge is 0.326 e. The summed E-state index contributed by atoms with van der Waals surface area (Å²) in [6, 6.07) is 8.92. The normalized spacial score (nSPS) is 27.5. The summed E-state index contributed by atoms with van der Waals surface area (Å²) in [6.45, 7) is 4.66. The van der Waals surface area contributed by atoms with Crippen LogP contribution in [0.15, 0.2) is 30.5 Å². The Labute approximate surface area is 108 Å². The first kappa shape index (κ1) is 11.7. The number of hydrogen-bond donors (Lipinski definition) is 1. The van der Waals surface area contributed by atoms with Crippen molar-refractivity contribution in [2.75, 3.05) is 0 Å². The Balaban J connectivity index is 2.02. The van der Waals surface area contributed by atoms with Crippen LogP contribution in [0.1, 0.15) is 39.2 Å². The second kappa shape index (κ2) is 4.09. The molecule has 0 aliphatic heterocycles. The van der Waals surface area contributed by atoms with Crippen molar-refractivity contribution >= 4 is 10.9 Å². The minimum Gasteiger partial charge on any atom is -0.326 e. The number of para-hydroxylation sites is 1. The van der Waals surface area contributed by atoms with Crippen LogP contribution in [0.4, 0.5) is 0 Å². The van der Waals surface area contributed by atoms with E-state index in [-0.39, 0.29) is 6.04 Å². The lowest BCUT2D eigenvalue weighted by Crippen LogP contribution is -2.40. The Morgan fingerprint density at radius 3 is 2.94 bits per heavy atom. The maximum Gasteiger partial charge on any atom is 0.0686 e. The standard InChI is InChI=1S/C15H21N3/c1-15(2)8-7-12(16)14(9-15)18-13-6-4-3-5-11(13)10-17-18/h3-6,10,12,14H,7-9,16H2,1-2H3. The number of hydrogen-bond acceptors (Lipinski definition) is 2. The van der Waals surface area contributed by atoms with Gasteiger partial charge in [-0.1, -0.05) is 32.0 Å². The smallest absolute Gasteiger partial charge is 0.0686 e. The second-order valence-electron chi connectivity index (χ2n) is 6.29. The monoisotopic (exact) mass is 243 g/mol. The summed E-state index contributed by atoms with van der Waals surface area (Å²) in [4.78, 5) is 0. The Morgan fingerprint density at radius 1 is 1.33 bits per heavy atom. The minimum absolute atomic E-state index is 0.223. The quantitative estimate of drug-likeness (QED) is 0.836. The molecule has 3 heteroatoms. The molecule has 2 atom stereocenters. The van der Waals surface area contributed by atoms with Crippen LogP contribution in [0.2, 0.25) is 0 Å². The molecule has 0 radical (unpaired) electrons. The van der Waals surface area contributed by atoms with Gasteiger partial charge in [0.2, 0.25) is 0 Å². The zero-order valence-electron chi connectivity index (χ0n) is 11.1. The van der Waals surface area contributed by atoms with Gasteiger partial charge < -0.3 is 5.73 Å². The van der Waals surface area contributed by atoms with Crippen LogP contribution in [0.5, 0.6) is 0 Å². The fraction of sp³-hybridized carbons (Fsp3) is 0.533. The highest BCUT2D eigenvalue weighted by Gasteiger charge is 2.34. The summed E-state index contributed by atoms with van der Waals surface area (Å²) >= 11 is 0. The molecule has 1 aliphatic rings. The van der Waals surface area contributed by atoms with Gasteiger partial charge in [-0.15, -0.1) is 0 Å². The highest BCUT2D eigenvalue weighted by Crippen LogP contribution is 2.41. The van der Waals surface area contributed by atoms with Crippen molar-refractivity contribution in [2.45, 2.75) is 45.2 Å². The first-order valence-corrected chi connectivity index (χ1v) is 6.75. The van der Waals surface area contributed by atoms with Crippen LogP contribution < -0.4 is 5.73 Å². The van der Waals surface area contributed by atoms with E-state index in [1.807, 2.05) is 6.20 Å². The number of nitrogens with two attached hydrogens (primary N) is 1. The summed E-state index contributed by atoms with van der Waals surface area (Å²) in [5.74, 6) is 0. The molecule has 1 fully saturated rings. The van der Waals surface area contributed by atoms with Crippen molar-refractivity contribution in [3.8, 4) is 0 Å². The first-order chi connectivity index (χ1) is 8.57. The molecule has 1 aliphatic carbocycles. The highest BCUT2D eigenvalue weighted by molar-refractivity contribution is 5.78. The predicted molar refractivity (Wildman–Crippen MR) is 74.4 cm³/mol. The van der Waals surface area contributed by atoms with E-state index in [2.05, 4.69) is 47.9 Å². The molecule has 2 unspecified atom stereocenters. The van der Waals surface area contributed by atoms with Crippen LogP contribution in [0, 0.1) is 5.41 Å². The van der Waals surface area contributed by atoms with E-state index < -0.39 is 0 Å². The van der Waals surface area contributed by atoms with Crippen molar-refractivity contribution in [3.05, 3.63) is 30.5 Å². The lowest BCUT2D eigenvalue weighted by Gasteiger charge is -2.39. The van der Waals surface area contributed by atoms with Gasteiger partial charge in [0.25, 0.3) is 0 Å². The van der Waals surface area contributed by atoms with E-state index in [0.717, 1.165) is 12.8 Å². The molecular formula is C15H21N3. The van der Waals surface area contributed by atoms with Gasteiger partial charge in [-0.05, 0) is 30.7 Å². The zero-order valence-corrected chi connectivity index (χ0v) is 11.1. The van der Waals surface area contributed by atoms with Gasteiger partial charge in [0.15, 0.2) is 0 Å². The molecule has 0 spiro atoms. The maximum absolute atomic E-state index is 6.32. The van der Waals surface area contributed by atoms with Gasteiger partial charge in [-0.25, -0.2) is 0 Å². The topological polar surface area (TPSA) is 43.8 Å². The second-order valence-corrected chi connectivity index (χ2v) is 6.29. The fourth-order valence-electron chi connectivity index (χ4n) is 3.09. The van der Waals surface area contributed by atoms with E-state index >= 15 is 0 Å². The van der Waals surface area contributed by atoms with Crippen LogP contribution in [0.3, 0.4) is 0 Å². The SMILES string of the molecule is CC1(C)CCC(N)C(n2ncc3ccccc32)C1. The molecule has 1 aromatic heterocycles. The molecule has 1 aromatic carbocycles. The molecule has 2 aromatic rings. The number of rotatable bonds is 1. The molecule has 3 nitrogen and oxygen atoms in total. The average Bonchev–Trinajstić information content (AvgIpc) is 2.76. The van der Waals surface area contributed by atoms with Gasteiger partial charge in [0, 0.05) is 11.4 Å². The molecule has 18 heavy (non-hydrogen) atoms.